The molecule has 1 unspecified atom stereocenters. The molecule has 0 saturated carbocycles. The van der Waals surface area contributed by atoms with Gasteiger partial charge in [0.2, 0.25) is 0 Å². The lowest BCUT2D eigenvalue weighted by molar-refractivity contribution is 0.564. The molecule has 0 fully saturated rings. The van der Waals surface area contributed by atoms with Crippen molar-refractivity contribution in [1.82, 2.24) is 5.32 Å². The van der Waals surface area contributed by atoms with Gasteiger partial charge in [0.25, 0.3) is 0 Å². The lowest BCUT2D eigenvalue weighted by Gasteiger charge is -2.25. The first-order chi connectivity index (χ1) is 7.54. The van der Waals surface area contributed by atoms with E-state index in [1.165, 1.54) is 16.8 Å². The number of nitrogens with one attached hydrogen (secondary N) is 1. The van der Waals surface area contributed by atoms with Crippen LogP contribution in [-0.4, -0.2) is 26.2 Å². The fourth-order valence-corrected chi connectivity index (χ4v) is 2.16. The van der Waals surface area contributed by atoms with Crippen LogP contribution in [0.1, 0.15) is 25.0 Å². The third-order valence-corrected chi connectivity index (χ3v) is 2.86. The van der Waals surface area contributed by atoms with Crippen molar-refractivity contribution in [3.8, 4) is 0 Å². The fourth-order valence-electron chi connectivity index (χ4n) is 2.16. The third-order valence-electron chi connectivity index (χ3n) is 2.86. The van der Waals surface area contributed by atoms with E-state index < -0.39 is 0 Å². The van der Waals surface area contributed by atoms with E-state index in [0.29, 0.717) is 6.04 Å². The van der Waals surface area contributed by atoms with Crippen molar-refractivity contribution in [1.29, 1.82) is 0 Å². The van der Waals surface area contributed by atoms with Crippen LogP contribution in [0.5, 0.6) is 0 Å². The average molecular weight is 220 g/mol. The highest BCUT2D eigenvalue weighted by atomic mass is 15.1. The minimum atomic E-state index is 0.524. The fraction of sp³-hybridized carbons (Fsp3) is 0.571. The summed E-state index contributed by atoms with van der Waals surface area (Å²) in [5, 5.41) is 3.44. The van der Waals surface area contributed by atoms with Crippen LogP contribution < -0.4 is 10.2 Å². The van der Waals surface area contributed by atoms with Gasteiger partial charge in [0.15, 0.2) is 0 Å². The van der Waals surface area contributed by atoms with E-state index >= 15 is 0 Å². The van der Waals surface area contributed by atoms with Crippen LogP contribution in [0.3, 0.4) is 0 Å². The lowest BCUT2D eigenvalue weighted by atomic mass is 10.1. The van der Waals surface area contributed by atoms with Gasteiger partial charge in [-0.15, -0.1) is 0 Å². The maximum Gasteiger partial charge on any atom is 0.0394 e. The molecule has 0 aromatic heterocycles. The number of nitrogens with zero attached hydrogens (tertiary/aromatic N) is 1. The number of likely N-dealkylation sites (N-methyl/N-ethyl adjacent to an activating group) is 2. The van der Waals surface area contributed by atoms with Crippen LogP contribution in [0.25, 0.3) is 0 Å². The molecule has 90 valence electrons. The third kappa shape index (κ3) is 3.53. The van der Waals surface area contributed by atoms with E-state index in [0.717, 1.165) is 13.1 Å². The largest absolute Gasteiger partial charge is 0.373 e. The maximum absolute atomic E-state index is 3.44. The van der Waals surface area contributed by atoms with Crippen molar-refractivity contribution in [3.05, 3.63) is 29.3 Å². The zero-order valence-corrected chi connectivity index (χ0v) is 11.2. The number of hydrogen-bond donors (Lipinski definition) is 1. The number of rotatable bonds is 5. The van der Waals surface area contributed by atoms with Crippen molar-refractivity contribution in [3.63, 3.8) is 0 Å². The summed E-state index contributed by atoms with van der Waals surface area (Å²) in [4.78, 5) is 2.32. The first-order valence-electron chi connectivity index (χ1n) is 6.06. The number of aryl methyl sites for hydroxylation is 2. The van der Waals surface area contributed by atoms with Crippen LogP contribution in [-0.2, 0) is 0 Å². The predicted molar refractivity (Wildman–Crippen MR) is 72.3 cm³/mol. The molecule has 1 aromatic rings. The summed E-state index contributed by atoms with van der Waals surface area (Å²) >= 11 is 0. The van der Waals surface area contributed by atoms with E-state index in [1.807, 2.05) is 0 Å². The van der Waals surface area contributed by atoms with E-state index in [1.54, 1.807) is 0 Å². The summed E-state index contributed by atoms with van der Waals surface area (Å²) in [5.41, 5.74) is 4.01. The topological polar surface area (TPSA) is 15.3 Å². The SMILES string of the molecule is CCNC(C)CN(C)c1ccc(C)cc1C. The summed E-state index contributed by atoms with van der Waals surface area (Å²) in [7, 11) is 2.16. The van der Waals surface area contributed by atoms with Gasteiger partial charge in [-0.25, -0.2) is 0 Å². The molecule has 0 aliphatic heterocycles. The second-order valence-corrected chi connectivity index (χ2v) is 4.63. The summed E-state index contributed by atoms with van der Waals surface area (Å²) in [6.07, 6.45) is 0. The zero-order chi connectivity index (χ0) is 12.1. The molecule has 2 heteroatoms. The molecule has 1 rings (SSSR count). The lowest BCUT2D eigenvalue weighted by Crippen LogP contribution is -2.37. The first-order valence-corrected chi connectivity index (χ1v) is 6.06. The maximum atomic E-state index is 3.44. The molecule has 1 aromatic carbocycles. The van der Waals surface area contributed by atoms with Gasteiger partial charge >= 0.3 is 0 Å². The highest BCUT2D eigenvalue weighted by Crippen LogP contribution is 2.19. The van der Waals surface area contributed by atoms with Crippen molar-refractivity contribution < 1.29 is 0 Å². The van der Waals surface area contributed by atoms with Gasteiger partial charge in [-0.3, -0.25) is 0 Å². The van der Waals surface area contributed by atoms with Gasteiger partial charge in [-0.1, -0.05) is 24.6 Å². The Bertz CT molecular complexity index is 334. The second kappa shape index (κ2) is 5.90. The number of anilines is 1. The molecule has 0 bridgehead atoms. The zero-order valence-electron chi connectivity index (χ0n) is 11.2. The Labute approximate surface area is 99.7 Å². The molecule has 1 N–H and O–H groups in total. The molecule has 1 atom stereocenters. The van der Waals surface area contributed by atoms with Crippen molar-refractivity contribution in [2.45, 2.75) is 33.7 Å². The number of hydrogen-bond acceptors (Lipinski definition) is 2. The summed E-state index contributed by atoms with van der Waals surface area (Å²) in [5.74, 6) is 0. The Morgan fingerprint density at radius 2 is 2.00 bits per heavy atom. The van der Waals surface area contributed by atoms with Crippen LogP contribution >= 0.6 is 0 Å². The van der Waals surface area contributed by atoms with Gasteiger partial charge < -0.3 is 10.2 Å². The van der Waals surface area contributed by atoms with Crippen molar-refractivity contribution >= 4 is 5.69 Å². The minimum Gasteiger partial charge on any atom is -0.373 e. The van der Waals surface area contributed by atoms with Crippen LogP contribution in [0.4, 0.5) is 5.69 Å². The Balaban J connectivity index is 2.69. The molecule has 0 aliphatic rings. The highest BCUT2D eigenvalue weighted by Gasteiger charge is 2.08. The van der Waals surface area contributed by atoms with Gasteiger partial charge in [0, 0.05) is 25.3 Å². The Morgan fingerprint density at radius 1 is 1.31 bits per heavy atom. The van der Waals surface area contributed by atoms with Crippen LogP contribution in [0.15, 0.2) is 18.2 Å². The Morgan fingerprint density at radius 3 is 2.56 bits per heavy atom. The minimum absolute atomic E-state index is 0.524. The highest BCUT2D eigenvalue weighted by molar-refractivity contribution is 5.53. The van der Waals surface area contributed by atoms with Gasteiger partial charge in [-0.05, 0) is 38.9 Å². The predicted octanol–water partition coefficient (Wildman–Crippen LogP) is 2.74. The van der Waals surface area contributed by atoms with E-state index in [2.05, 4.69) is 63.2 Å². The molecule has 0 saturated heterocycles. The van der Waals surface area contributed by atoms with Crippen LogP contribution in [0, 0.1) is 13.8 Å². The molecular formula is C14H24N2. The number of benzene rings is 1. The molecule has 0 radical (unpaired) electrons. The Kier molecular flexibility index (Phi) is 4.81. The smallest absolute Gasteiger partial charge is 0.0394 e. The van der Waals surface area contributed by atoms with Crippen molar-refractivity contribution in [2.75, 3.05) is 25.0 Å². The molecule has 0 heterocycles. The van der Waals surface area contributed by atoms with E-state index in [9.17, 15) is 0 Å². The second-order valence-electron chi connectivity index (χ2n) is 4.63. The van der Waals surface area contributed by atoms with Crippen molar-refractivity contribution in [2.24, 2.45) is 0 Å². The molecule has 16 heavy (non-hydrogen) atoms. The quantitative estimate of drug-likeness (QED) is 0.821. The normalized spacial score (nSPS) is 12.6. The molecular weight excluding hydrogens is 196 g/mol. The van der Waals surface area contributed by atoms with E-state index in [4.69, 9.17) is 0 Å². The monoisotopic (exact) mass is 220 g/mol. The molecule has 2 nitrogen and oxygen atoms in total. The first kappa shape index (κ1) is 13.0. The standard InChI is InChI=1S/C14H24N2/c1-6-15-13(4)10-16(5)14-8-7-11(2)9-12(14)3/h7-9,13,15H,6,10H2,1-5H3. The summed E-state index contributed by atoms with van der Waals surface area (Å²) < 4.78 is 0. The molecule has 0 spiro atoms. The van der Waals surface area contributed by atoms with Gasteiger partial charge in [0.1, 0.15) is 0 Å². The average Bonchev–Trinajstić information content (AvgIpc) is 2.17. The summed E-state index contributed by atoms with van der Waals surface area (Å²) in [6, 6.07) is 7.15. The summed E-state index contributed by atoms with van der Waals surface area (Å²) in [6.45, 7) is 10.8. The Hall–Kier alpha value is -1.02. The van der Waals surface area contributed by atoms with E-state index in [-0.39, 0.29) is 0 Å². The van der Waals surface area contributed by atoms with Gasteiger partial charge in [-0.2, -0.15) is 0 Å². The molecule has 0 aliphatic carbocycles. The van der Waals surface area contributed by atoms with Crippen LogP contribution in [0.2, 0.25) is 0 Å². The van der Waals surface area contributed by atoms with Gasteiger partial charge in [0.05, 0.1) is 0 Å². The molecule has 0 amide bonds.